The summed E-state index contributed by atoms with van der Waals surface area (Å²) in [7, 11) is 2.17. The van der Waals surface area contributed by atoms with Gasteiger partial charge in [0.2, 0.25) is 0 Å². The van der Waals surface area contributed by atoms with Crippen LogP contribution in [0.5, 0.6) is 0 Å². The van der Waals surface area contributed by atoms with Gasteiger partial charge < -0.3 is 0 Å². The van der Waals surface area contributed by atoms with Crippen LogP contribution in [0.4, 0.5) is 0 Å². The van der Waals surface area contributed by atoms with Crippen molar-refractivity contribution >= 4 is 11.8 Å². The van der Waals surface area contributed by atoms with Gasteiger partial charge in [0.25, 0.3) is 0 Å². The number of nitrogens with zero attached hydrogens (tertiary/aromatic N) is 2. The second-order valence-corrected chi connectivity index (χ2v) is 5.11. The fourth-order valence-corrected chi connectivity index (χ4v) is 2.98. The lowest BCUT2D eigenvalue weighted by Crippen LogP contribution is -2.41. The Morgan fingerprint density at radius 1 is 1.57 bits per heavy atom. The zero-order valence-electron chi connectivity index (χ0n) is 9.36. The molecule has 0 aromatic heterocycles. The number of thioether (sulfide) groups is 1. The fourth-order valence-electron chi connectivity index (χ4n) is 2.26. The number of hydrogen-bond donors (Lipinski definition) is 0. The van der Waals surface area contributed by atoms with Crippen molar-refractivity contribution in [2.24, 2.45) is 5.92 Å². The van der Waals surface area contributed by atoms with E-state index in [0.717, 1.165) is 12.2 Å². The maximum absolute atomic E-state index is 9.02. The molecule has 3 heteroatoms. The molecule has 3 atom stereocenters. The third-order valence-corrected chi connectivity index (χ3v) is 4.09. The molecule has 0 N–H and O–H groups in total. The average Bonchev–Trinajstić information content (AvgIpc) is 2.64. The summed E-state index contributed by atoms with van der Waals surface area (Å²) in [5.41, 5.74) is 0. The summed E-state index contributed by atoms with van der Waals surface area (Å²) in [6, 6.07) is 3.53. The van der Waals surface area contributed by atoms with Crippen LogP contribution in [0.2, 0.25) is 0 Å². The van der Waals surface area contributed by atoms with Gasteiger partial charge in [-0.15, -0.1) is 0 Å². The second kappa shape index (κ2) is 5.63. The van der Waals surface area contributed by atoms with Gasteiger partial charge in [-0.05, 0) is 33.1 Å². The summed E-state index contributed by atoms with van der Waals surface area (Å²) < 4.78 is 0. The Kier molecular flexibility index (Phi) is 4.77. The Balaban J connectivity index is 2.51. The zero-order chi connectivity index (χ0) is 10.6. The van der Waals surface area contributed by atoms with Gasteiger partial charge in [0.15, 0.2) is 0 Å². The van der Waals surface area contributed by atoms with Gasteiger partial charge in [0, 0.05) is 17.8 Å². The summed E-state index contributed by atoms with van der Waals surface area (Å²) in [6.07, 6.45) is 5.66. The minimum absolute atomic E-state index is 0.268. The largest absolute Gasteiger partial charge is 0.299 e. The Morgan fingerprint density at radius 2 is 2.29 bits per heavy atom. The number of nitriles is 1. The molecule has 1 aliphatic carbocycles. The second-order valence-electron chi connectivity index (χ2n) is 4.20. The molecule has 0 bridgehead atoms. The van der Waals surface area contributed by atoms with E-state index in [4.69, 9.17) is 5.26 Å². The predicted molar refractivity (Wildman–Crippen MR) is 62.3 cm³/mol. The standard InChI is InChI=1S/C11H20N2S/c1-9(8-14-3)13(2)11-6-4-5-10(11)7-12/h9-11H,4-6,8H2,1-3H3. The maximum atomic E-state index is 9.02. The third-order valence-electron chi connectivity index (χ3n) is 3.27. The van der Waals surface area contributed by atoms with E-state index in [1.165, 1.54) is 12.8 Å². The van der Waals surface area contributed by atoms with E-state index in [1.807, 2.05) is 11.8 Å². The molecule has 0 heterocycles. The molecule has 3 unspecified atom stereocenters. The average molecular weight is 212 g/mol. The van der Waals surface area contributed by atoms with E-state index < -0.39 is 0 Å². The SMILES string of the molecule is CSCC(C)N(C)C1CCCC1C#N. The molecule has 0 aromatic carbocycles. The molecule has 0 saturated heterocycles. The van der Waals surface area contributed by atoms with Crippen molar-refractivity contribution in [1.29, 1.82) is 5.26 Å². The quantitative estimate of drug-likeness (QED) is 0.716. The first-order valence-corrected chi connectivity index (χ1v) is 6.70. The summed E-state index contributed by atoms with van der Waals surface area (Å²) in [5, 5.41) is 9.02. The highest BCUT2D eigenvalue weighted by molar-refractivity contribution is 7.98. The van der Waals surface area contributed by atoms with Gasteiger partial charge in [-0.2, -0.15) is 17.0 Å². The van der Waals surface area contributed by atoms with Gasteiger partial charge in [0.05, 0.1) is 12.0 Å². The smallest absolute Gasteiger partial charge is 0.0672 e. The lowest BCUT2D eigenvalue weighted by atomic mass is 10.0. The molecule has 0 radical (unpaired) electrons. The zero-order valence-corrected chi connectivity index (χ0v) is 10.2. The molecule has 0 aromatic rings. The van der Waals surface area contributed by atoms with Crippen LogP contribution in [0, 0.1) is 17.2 Å². The van der Waals surface area contributed by atoms with Gasteiger partial charge in [-0.25, -0.2) is 0 Å². The Hall–Kier alpha value is -0.200. The molecule has 1 aliphatic rings. The van der Waals surface area contributed by atoms with E-state index >= 15 is 0 Å². The molecule has 0 amide bonds. The van der Waals surface area contributed by atoms with Crippen molar-refractivity contribution in [2.75, 3.05) is 19.1 Å². The first-order chi connectivity index (χ1) is 6.70. The Morgan fingerprint density at radius 3 is 2.86 bits per heavy atom. The molecule has 1 saturated carbocycles. The normalized spacial score (nSPS) is 29.1. The number of rotatable bonds is 4. The van der Waals surface area contributed by atoms with Crippen molar-refractivity contribution in [3.05, 3.63) is 0 Å². The summed E-state index contributed by atoms with van der Waals surface area (Å²) in [6.45, 7) is 2.25. The van der Waals surface area contributed by atoms with Crippen LogP contribution >= 0.6 is 11.8 Å². The Labute approximate surface area is 91.7 Å². The minimum Gasteiger partial charge on any atom is -0.299 e. The van der Waals surface area contributed by atoms with Crippen LogP contribution in [-0.2, 0) is 0 Å². The number of hydrogen-bond acceptors (Lipinski definition) is 3. The van der Waals surface area contributed by atoms with Crippen LogP contribution in [0.25, 0.3) is 0 Å². The summed E-state index contributed by atoms with van der Waals surface area (Å²) >= 11 is 1.88. The van der Waals surface area contributed by atoms with Gasteiger partial charge in [0.1, 0.15) is 0 Å². The molecular formula is C11H20N2S. The molecule has 0 aliphatic heterocycles. The van der Waals surface area contributed by atoms with Crippen molar-refractivity contribution in [3.8, 4) is 6.07 Å². The highest BCUT2D eigenvalue weighted by Crippen LogP contribution is 2.30. The van der Waals surface area contributed by atoms with Gasteiger partial charge >= 0.3 is 0 Å². The van der Waals surface area contributed by atoms with Crippen molar-refractivity contribution < 1.29 is 0 Å². The highest BCUT2D eigenvalue weighted by Gasteiger charge is 2.31. The minimum atomic E-state index is 0.268. The highest BCUT2D eigenvalue weighted by atomic mass is 32.2. The first-order valence-electron chi connectivity index (χ1n) is 5.31. The Bertz CT molecular complexity index is 212. The maximum Gasteiger partial charge on any atom is 0.0672 e. The van der Waals surface area contributed by atoms with E-state index in [1.54, 1.807) is 0 Å². The van der Waals surface area contributed by atoms with Gasteiger partial charge in [-0.1, -0.05) is 6.42 Å². The van der Waals surface area contributed by atoms with E-state index in [-0.39, 0.29) is 5.92 Å². The monoisotopic (exact) mass is 212 g/mol. The summed E-state index contributed by atoms with van der Waals surface area (Å²) in [4.78, 5) is 2.40. The molecule has 2 nitrogen and oxygen atoms in total. The van der Waals surface area contributed by atoms with Crippen molar-refractivity contribution in [3.63, 3.8) is 0 Å². The van der Waals surface area contributed by atoms with E-state index in [0.29, 0.717) is 12.1 Å². The van der Waals surface area contributed by atoms with Crippen LogP contribution in [0.15, 0.2) is 0 Å². The molecule has 14 heavy (non-hydrogen) atoms. The molecule has 1 fully saturated rings. The molecule has 0 spiro atoms. The lowest BCUT2D eigenvalue weighted by molar-refractivity contribution is 0.180. The first kappa shape index (κ1) is 11.9. The van der Waals surface area contributed by atoms with Crippen LogP contribution in [-0.4, -0.2) is 36.0 Å². The topological polar surface area (TPSA) is 27.0 Å². The molecular weight excluding hydrogens is 192 g/mol. The van der Waals surface area contributed by atoms with Crippen molar-refractivity contribution in [2.45, 2.75) is 38.3 Å². The van der Waals surface area contributed by atoms with E-state index in [9.17, 15) is 0 Å². The van der Waals surface area contributed by atoms with Crippen molar-refractivity contribution in [1.82, 2.24) is 4.90 Å². The summed E-state index contributed by atoms with van der Waals surface area (Å²) in [5.74, 6) is 1.43. The fraction of sp³-hybridized carbons (Fsp3) is 0.909. The molecule has 1 rings (SSSR count). The van der Waals surface area contributed by atoms with Gasteiger partial charge in [-0.3, -0.25) is 4.90 Å². The third kappa shape index (κ3) is 2.65. The van der Waals surface area contributed by atoms with Crippen LogP contribution in [0.3, 0.4) is 0 Å². The van der Waals surface area contributed by atoms with Crippen LogP contribution < -0.4 is 0 Å². The van der Waals surface area contributed by atoms with E-state index in [2.05, 4.69) is 31.2 Å². The predicted octanol–water partition coefficient (Wildman–Crippen LogP) is 2.36. The molecule has 80 valence electrons. The van der Waals surface area contributed by atoms with Crippen LogP contribution in [0.1, 0.15) is 26.2 Å². The lowest BCUT2D eigenvalue weighted by Gasteiger charge is -2.31.